The first-order valence-electron chi connectivity index (χ1n) is 4.33. The van der Waals surface area contributed by atoms with Gasteiger partial charge in [-0.2, -0.15) is 0 Å². The molecule has 0 aliphatic heterocycles. The minimum absolute atomic E-state index is 0.0336. The lowest BCUT2D eigenvalue weighted by Crippen LogP contribution is -2.20. The molecule has 0 aromatic rings. The molecule has 0 heterocycles. The van der Waals surface area contributed by atoms with E-state index >= 15 is 0 Å². The van der Waals surface area contributed by atoms with Gasteiger partial charge in [0.15, 0.2) is 5.40 Å². The Morgan fingerprint density at radius 3 is 1.69 bits per heavy atom. The second kappa shape index (κ2) is 5.40. The third-order valence-corrected chi connectivity index (χ3v) is 5.89. The van der Waals surface area contributed by atoms with E-state index in [1.165, 1.54) is 6.92 Å². The van der Waals surface area contributed by atoms with Crippen LogP contribution in [-0.2, 0) is 13.9 Å². The highest BCUT2D eigenvalue weighted by atomic mass is 31.2. The van der Waals surface area contributed by atoms with Gasteiger partial charge in [-0.25, -0.2) is 0 Å². The summed E-state index contributed by atoms with van der Waals surface area (Å²) in [4.78, 5) is 45.7. The summed E-state index contributed by atoms with van der Waals surface area (Å²) in [5.74, 6) is -2.53. The molecule has 0 aliphatic rings. The number of aliphatic carboxylic acids is 1. The Balaban J connectivity index is 5.04. The fraction of sp³-hybridized carbons (Fsp3) is 0.833. The van der Waals surface area contributed by atoms with E-state index in [-0.39, 0.29) is 6.42 Å². The van der Waals surface area contributed by atoms with Crippen LogP contribution in [0.2, 0.25) is 0 Å². The van der Waals surface area contributed by atoms with Crippen molar-refractivity contribution in [3.8, 4) is 0 Å². The lowest BCUT2D eigenvalue weighted by atomic mass is 10.0. The summed E-state index contributed by atoms with van der Waals surface area (Å²) in [7, 11) is -10.1. The van der Waals surface area contributed by atoms with Gasteiger partial charge in [0.2, 0.25) is 0 Å². The van der Waals surface area contributed by atoms with E-state index < -0.39 is 38.9 Å². The second-order valence-corrected chi connectivity index (χ2v) is 7.35. The van der Waals surface area contributed by atoms with Crippen molar-refractivity contribution in [2.24, 2.45) is 5.92 Å². The van der Waals surface area contributed by atoms with E-state index in [9.17, 15) is 13.9 Å². The molecule has 0 saturated heterocycles. The number of rotatable bonds is 6. The minimum Gasteiger partial charge on any atom is -0.481 e. The molecule has 8 nitrogen and oxygen atoms in total. The van der Waals surface area contributed by atoms with Crippen molar-refractivity contribution in [1.82, 2.24) is 0 Å². The van der Waals surface area contributed by atoms with Crippen molar-refractivity contribution < 1.29 is 38.6 Å². The highest BCUT2D eigenvalue weighted by Gasteiger charge is 2.45. The van der Waals surface area contributed by atoms with Gasteiger partial charge in [-0.1, -0.05) is 6.92 Å². The summed E-state index contributed by atoms with van der Waals surface area (Å²) in [5.41, 5.74) is 0. The molecule has 0 saturated carbocycles. The van der Waals surface area contributed by atoms with Gasteiger partial charge in [0, 0.05) is 0 Å². The molecule has 0 aliphatic carbocycles. The quantitative estimate of drug-likeness (QED) is 0.430. The zero-order chi connectivity index (χ0) is 13.1. The van der Waals surface area contributed by atoms with E-state index in [1.54, 1.807) is 0 Å². The molecule has 1 unspecified atom stereocenters. The van der Waals surface area contributed by atoms with Gasteiger partial charge in [0.1, 0.15) is 0 Å². The maximum atomic E-state index is 10.9. The number of carboxylic acid groups (broad SMARTS) is 1. The van der Waals surface area contributed by atoms with Crippen LogP contribution in [0.15, 0.2) is 0 Å². The normalized spacial score (nSPS) is 15.1. The van der Waals surface area contributed by atoms with Crippen molar-refractivity contribution in [3.63, 3.8) is 0 Å². The highest BCUT2D eigenvalue weighted by molar-refractivity contribution is 7.70. The minimum atomic E-state index is -5.03. The highest BCUT2D eigenvalue weighted by Crippen LogP contribution is 2.62. The SMILES string of the molecule is CCC(CC(P(=O)(O)O)P(=O)(O)O)C(=O)O. The Morgan fingerprint density at radius 2 is 1.50 bits per heavy atom. The Labute approximate surface area is 91.6 Å². The Kier molecular flexibility index (Phi) is 5.32. The van der Waals surface area contributed by atoms with Crippen LogP contribution >= 0.6 is 15.2 Å². The number of hydrogen-bond donors (Lipinski definition) is 5. The third-order valence-electron chi connectivity index (χ3n) is 2.11. The van der Waals surface area contributed by atoms with E-state index in [0.29, 0.717) is 0 Å². The van der Waals surface area contributed by atoms with Crippen LogP contribution in [0.5, 0.6) is 0 Å². The summed E-state index contributed by atoms with van der Waals surface area (Å²) >= 11 is 0. The maximum Gasteiger partial charge on any atom is 0.340 e. The first kappa shape index (κ1) is 15.8. The fourth-order valence-electron chi connectivity index (χ4n) is 1.17. The predicted molar refractivity (Wildman–Crippen MR) is 53.9 cm³/mol. The maximum absolute atomic E-state index is 10.9. The molecule has 0 aromatic carbocycles. The van der Waals surface area contributed by atoms with Gasteiger partial charge >= 0.3 is 21.2 Å². The standard InChI is InChI=1S/C6H14O8P2/c1-2-4(6(7)8)3-5(15(9,10)11)16(12,13)14/h4-5H,2-3H2,1H3,(H,7,8)(H2,9,10,11)(H2,12,13,14). The topological polar surface area (TPSA) is 152 Å². The van der Waals surface area contributed by atoms with Crippen molar-refractivity contribution >= 4 is 21.2 Å². The van der Waals surface area contributed by atoms with Crippen molar-refractivity contribution in [2.75, 3.05) is 0 Å². The summed E-state index contributed by atoms with van der Waals surface area (Å²) < 4.78 is 21.7. The zero-order valence-corrected chi connectivity index (χ0v) is 10.2. The van der Waals surface area contributed by atoms with Crippen LogP contribution in [0.3, 0.4) is 0 Å². The number of carboxylic acids is 1. The molecular weight excluding hydrogens is 262 g/mol. The van der Waals surface area contributed by atoms with Crippen LogP contribution in [0, 0.1) is 5.92 Å². The van der Waals surface area contributed by atoms with E-state index in [1.807, 2.05) is 0 Å². The smallest absolute Gasteiger partial charge is 0.340 e. The van der Waals surface area contributed by atoms with Crippen molar-refractivity contribution in [2.45, 2.75) is 25.2 Å². The van der Waals surface area contributed by atoms with Crippen LogP contribution in [-0.4, -0.2) is 36.0 Å². The Bertz CT molecular complexity index is 318. The molecule has 0 rings (SSSR count). The molecule has 0 spiro atoms. The van der Waals surface area contributed by atoms with Crippen LogP contribution < -0.4 is 0 Å². The van der Waals surface area contributed by atoms with E-state index in [4.69, 9.17) is 24.7 Å². The lowest BCUT2D eigenvalue weighted by molar-refractivity contribution is -0.141. The van der Waals surface area contributed by atoms with Crippen LogP contribution in [0.1, 0.15) is 19.8 Å². The molecule has 96 valence electrons. The molecule has 0 amide bonds. The zero-order valence-electron chi connectivity index (χ0n) is 8.42. The van der Waals surface area contributed by atoms with Gasteiger partial charge in [-0.05, 0) is 12.8 Å². The average Bonchev–Trinajstić information content (AvgIpc) is 1.99. The largest absolute Gasteiger partial charge is 0.481 e. The Morgan fingerprint density at radius 1 is 1.12 bits per heavy atom. The molecule has 5 N–H and O–H groups in total. The van der Waals surface area contributed by atoms with Crippen molar-refractivity contribution in [1.29, 1.82) is 0 Å². The van der Waals surface area contributed by atoms with Crippen molar-refractivity contribution in [3.05, 3.63) is 0 Å². The number of hydrogen-bond acceptors (Lipinski definition) is 3. The van der Waals surface area contributed by atoms with Crippen LogP contribution in [0.4, 0.5) is 0 Å². The summed E-state index contributed by atoms with van der Waals surface area (Å²) in [6, 6.07) is 0. The fourth-order valence-corrected chi connectivity index (χ4v) is 3.79. The average molecular weight is 276 g/mol. The first-order valence-corrected chi connectivity index (χ1v) is 7.69. The molecule has 0 aromatic heterocycles. The van der Waals surface area contributed by atoms with Gasteiger partial charge in [-0.15, -0.1) is 0 Å². The van der Waals surface area contributed by atoms with Gasteiger partial charge in [0.25, 0.3) is 0 Å². The van der Waals surface area contributed by atoms with E-state index in [0.717, 1.165) is 0 Å². The molecule has 16 heavy (non-hydrogen) atoms. The molecule has 0 bridgehead atoms. The lowest BCUT2D eigenvalue weighted by Gasteiger charge is -2.22. The third kappa shape index (κ3) is 4.74. The molecule has 0 fully saturated rings. The predicted octanol–water partition coefficient (Wildman–Crippen LogP) is 0.169. The van der Waals surface area contributed by atoms with Gasteiger partial charge < -0.3 is 24.7 Å². The van der Waals surface area contributed by atoms with Gasteiger partial charge in [0.05, 0.1) is 5.92 Å². The monoisotopic (exact) mass is 276 g/mol. The summed E-state index contributed by atoms with van der Waals surface area (Å²) in [6.45, 7) is 1.45. The van der Waals surface area contributed by atoms with E-state index in [2.05, 4.69) is 0 Å². The number of carbonyl (C=O) groups is 1. The molecular formula is C6H14O8P2. The Hall–Kier alpha value is -0.230. The van der Waals surface area contributed by atoms with Gasteiger partial charge in [-0.3, -0.25) is 13.9 Å². The van der Waals surface area contributed by atoms with Crippen LogP contribution in [0.25, 0.3) is 0 Å². The summed E-state index contributed by atoms with van der Waals surface area (Å²) in [6.07, 6.45) is -0.716. The molecule has 10 heteroatoms. The molecule has 0 radical (unpaired) electrons. The molecule has 1 atom stereocenters. The second-order valence-electron chi connectivity index (χ2n) is 3.34. The first-order chi connectivity index (χ1) is 7.00. The summed E-state index contributed by atoms with van der Waals surface area (Å²) in [5, 5.41) is 6.40.